The molecule has 0 aliphatic carbocycles. The number of amides is 4. The Morgan fingerprint density at radius 3 is 2.64 bits per heavy atom. The van der Waals surface area contributed by atoms with Crippen LogP contribution >= 0.6 is 0 Å². The summed E-state index contributed by atoms with van der Waals surface area (Å²) in [6, 6.07) is 8.44. The van der Waals surface area contributed by atoms with Crippen LogP contribution in [0.1, 0.15) is 24.5 Å². The van der Waals surface area contributed by atoms with E-state index in [1.54, 1.807) is 7.11 Å². The molecule has 2 atom stereocenters. The van der Waals surface area contributed by atoms with Gasteiger partial charge in [0.1, 0.15) is 6.04 Å². The molecular formula is C15H19N3O4. The van der Waals surface area contributed by atoms with Crippen LogP contribution in [-0.4, -0.2) is 37.5 Å². The first-order chi connectivity index (χ1) is 10.6. The summed E-state index contributed by atoms with van der Waals surface area (Å²) in [6.45, 7) is 0.350. The maximum Gasteiger partial charge on any atom is 0.322 e. The van der Waals surface area contributed by atoms with Gasteiger partial charge in [0.15, 0.2) is 0 Å². The number of hydrogen-bond donors (Lipinski definition) is 3. The SMILES string of the molecule is CO[C@H](CNC(=O)CC[C@H]1NC(=O)NC1=O)c1ccccc1. The molecule has 1 aromatic rings. The third-order valence-corrected chi connectivity index (χ3v) is 3.46. The van der Waals surface area contributed by atoms with Crippen LogP contribution in [0.15, 0.2) is 30.3 Å². The third-order valence-electron chi connectivity index (χ3n) is 3.46. The van der Waals surface area contributed by atoms with Gasteiger partial charge in [0.05, 0.1) is 6.10 Å². The highest BCUT2D eigenvalue weighted by Gasteiger charge is 2.29. The summed E-state index contributed by atoms with van der Waals surface area (Å²) >= 11 is 0. The molecule has 22 heavy (non-hydrogen) atoms. The largest absolute Gasteiger partial charge is 0.375 e. The Labute approximate surface area is 128 Å². The number of benzene rings is 1. The highest BCUT2D eigenvalue weighted by molar-refractivity contribution is 6.04. The van der Waals surface area contributed by atoms with E-state index in [9.17, 15) is 14.4 Å². The standard InChI is InChI=1S/C15H19N3O4/c1-22-12(10-5-3-2-4-6-10)9-16-13(19)8-7-11-14(20)18-15(21)17-11/h2-6,11-12H,7-9H2,1H3,(H,16,19)(H2,17,18,20,21)/t11-,12-/m1/s1. The van der Waals surface area contributed by atoms with Crippen molar-refractivity contribution < 1.29 is 19.1 Å². The van der Waals surface area contributed by atoms with Gasteiger partial charge in [0.25, 0.3) is 5.91 Å². The maximum atomic E-state index is 11.8. The second kappa shape index (κ2) is 7.56. The molecule has 0 radical (unpaired) electrons. The molecule has 2 rings (SSSR count). The lowest BCUT2D eigenvalue weighted by atomic mass is 10.1. The van der Waals surface area contributed by atoms with E-state index in [1.807, 2.05) is 30.3 Å². The minimum Gasteiger partial charge on any atom is -0.375 e. The fourth-order valence-corrected chi connectivity index (χ4v) is 2.24. The molecule has 0 unspecified atom stereocenters. The number of imide groups is 1. The van der Waals surface area contributed by atoms with Crippen molar-refractivity contribution in [3.8, 4) is 0 Å². The first-order valence-electron chi connectivity index (χ1n) is 7.06. The molecule has 0 aromatic heterocycles. The van der Waals surface area contributed by atoms with Crippen LogP contribution in [0.25, 0.3) is 0 Å². The van der Waals surface area contributed by atoms with Gasteiger partial charge in [-0.15, -0.1) is 0 Å². The summed E-state index contributed by atoms with van der Waals surface area (Å²) in [6.07, 6.45) is 0.204. The van der Waals surface area contributed by atoms with E-state index in [1.165, 1.54) is 0 Å². The molecule has 1 heterocycles. The summed E-state index contributed by atoms with van der Waals surface area (Å²) in [5, 5.41) is 7.36. The van der Waals surface area contributed by atoms with Crippen LogP contribution in [0.3, 0.4) is 0 Å². The summed E-state index contributed by atoms with van der Waals surface area (Å²) in [5.74, 6) is -0.580. The summed E-state index contributed by atoms with van der Waals surface area (Å²) < 4.78 is 5.36. The molecule has 3 N–H and O–H groups in total. The van der Waals surface area contributed by atoms with Crippen LogP contribution in [0.2, 0.25) is 0 Å². The van der Waals surface area contributed by atoms with Crippen molar-refractivity contribution in [3.63, 3.8) is 0 Å². The maximum absolute atomic E-state index is 11.8. The fraction of sp³-hybridized carbons (Fsp3) is 0.400. The fourth-order valence-electron chi connectivity index (χ4n) is 2.24. The highest BCUT2D eigenvalue weighted by Crippen LogP contribution is 2.15. The number of urea groups is 1. The Hall–Kier alpha value is -2.41. The Bertz CT molecular complexity index is 547. The molecule has 118 valence electrons. The first-order valence-corrected chi connectivity index (χ1v) is 7.06. The van der Waals surface area contributed by atoms with Gasteiger partial charge in [0.2, 0.25) is 5.91 Å². The van der Waals surface area contributed by atoms with Gasteiger partial charge in [-0.1, -0.05) is 30.3 Å². The number of carbonyl (C=O) groups excluding carboxylic acids is 3. The minimum atomic E-state index is -0.634. The molecule has 1 aliphatic heterocycles. The van der Waals surface area contributed by atoms with Crippen LogP contribution in [0, 0.1) is 0 Å². The summed E-state index contributed by atoms with van der Waals surface area (Å²) in [5.41, 5.74) is 0.979. The predicted molar refractivity (Wildman–Crippen MR) is 78.9 cm³/mol. The van der Waals surface area contributed by atoms with E-state index in [4.69, 9.17) is 4.74 Å². The lowest BCUT2D eigenvalue weighted by Crippen LogP contribution is -2.33. The zero-order chi connectivity index (χ0) is 15.9. The molecular weight excluding hydrogens is 286 g/mol. The van der Waals surface area contributed by atoms with E-state index in [-0.39, 0.29) is 24.9 Å². The Balaban J connectivity index is 1.75. The number of ether oxygens (including phenoxy) is 1. The molecule has 0 bridgehead atoms. The topological polar surface area (TPSA) is 96.5 Å². The number of methoxy groups -OCH3 is 1. The van der Waals surface area contributed by atoms with Gasteiger partial charge in [-0.05, 0) is 12.0 Å². The van der Waals surface area contributed by atoms with Crippen molar-refractivity contribution in [1.82, 2.24) is 16.0 Å². The van der Waals surface area contributed by atoms with Gasteiger partial charge in [-0.3, -0.25) is 14.9 Å². The van der Waals surface area contributed by atoms with Crippen molar-refractivity contribution in [2.75, 3.05) is 13.7 Å². The van der Waals surface area contributed by atoms with Gasteiger partial charge in [0, 0.05) is 20.1 Å². The van der Waals surface area contributed by atoms with Crippen molar-refractivity contribution >= 4 is 17.8 Å². The van der Waals surface area contributed by atoms with E-state index < -0.39 is 18.0 Å². The van der Waals surface area contributed by atoms with Crippen LogP contribution in [0.4, 0.5) is 4.79 Å². The molecule has 1 fully saturated rings. The third kappa shape index (κ3) is 4.29. The number of hydrogen-bond acceptors (Lipinski definition) is 4. The number of rotatable bonds is 7. The zero-order valence-corrected chi connectivity index (χ0v) is 12.3. The van der Waals surface area contributed by atoms with E-state index in [2.05, 4.69) is 16.0 Å². The molecule has 0 saturated carbocycles. The highest BCUT2D eigenvalue weighted by atomic mass is 16.5. The second-order valence-electron chi connectivity index (χ2n) is 4.99. The molecule has 1 saturated heterocycles. The second-order valence-corrected chi connectivity index (χ2v) is 4.99. The Kier molecular flexibility index (Phi) is 5.48. The van der Waals surface area contributed by atoms with Crippen molar-refractivity contribution in [2.24, 2.45) is 0 Å². The van der Waals surface area contributed by atoms with Crippen LogP contribution in [-0.2, 0) is 14.3 Å². The van der Waals surface area contributed by atoms with E-state index >= 15 is 0 Å². The van der Waals surface area contributed by atoms with Gasteiger partial charge < -0.3 is 15.4 Å². The Morgan fingerprint density at radius 2 is 2.05 bits per heavy atom. The average molecular weight is 305 g/mol. The van der Waals surface area contributed by atoms with Crippen LogP contribution < -0.4 is 16.0 Å². The lowest BCUT2D eigenvalue weighted by molar-refractivity contribution is -0.122. The molecule has 1 aliphatic rings. The van der Waals surface area contributed by atoms with Crippen molar-refractivity contribution in [3.05, 3.63) is 35.9 Å². The zero-order valence-electron chi connectivity index (χ0n) is 12.3. The van der Waals surface area contributed by atoms with Crippen molar-refractivity contribution in [2.45, 2.75) is 25.0 Å². The van der Waals surface area contributed by atoms with Gasteiger partial charge >= 0.3 is 6.03 Å². The minimum absolute atomic E-state index is 0.156. The normalized spacial score (nSPS) is 18.5. The summed E-state index contributed by atoms with van der Waals surface area (Å²) in [4.78, 5) is 34.1. The Morgan fingerprint density at radius 1 is 1.32 bits per heavy atom. The molecule has 7 nitrogen and oxygen atoms in total. The first kappa shape index (κ1) is 16.0. The molecule has 0 spiro atoms. The number of carbonyl (C=O) groups is 3. The smallest absolute Gasteiger partial charge is 0.322 e. The van der Waals surface area contributed by atoms with Gasteiger partial charge in [-0.25, -0.2) is 4.79 Å². The van der Waals surface area contributed by atoms with E-state index in [0.717, 1.165) is 5.56 Å². The lowest BCUT2D eigenvalue weighted by Gasteiger charge is -2.16. The average Bonchev–Trinajstić information content (AvgIpc) is 2.84. The van der Waals surface area contributed by atoms with Crippen LogP contribution in [0.5, 0.6) is 0 Å². The van der Waals surface area contributed by atoms with E-state index in [0.29, 0.717) is 6.54 Å². The number of nitrogens with one attached hydrogen (secondary N) is 3. The quantitative estimate of drug-likeness (QED) is 0.638. The molecule has 7 heteroatoms. The predicted octanol–water partition coefficient (Wildman–Crippen LogP) is 0.479. The molecule has 1 aromatic carbocycles. The van der Waals surface area contributed by atoms with Gasteiger partial charge in [-0.2, -0.15) is 0 Å². The summed E-state index contributed by atoms with van der Waals surface area (Å²) in [7, 11) is 1.59. The molecule has 4 amide bonds. The monoisotopic (exact) mass is 305 g/mol. The van der Waals surface area contributed by atoms with Crippen molar-refractivity contribution in [1.29, 1.82) is 0 Å².